The number of anilines is 2. The minimum atomic E-state index is -2.38. The standard InChI is InChI=1S/C13H15N4O2.3CH3.Sn/c1-18-10-4-3-8(6-11(10)19-2)5-9-7-16-13(15)17-12(9)14;;;;/h3,6-7H,5H2,1-2H3,(H4,14,15,16,17);3*1H3;. The van der Waals surface area contributed by atoms with Crippen molar-refractivity contribution in [1.82, 2.24) is 9.97 Å². The third-order valence-electron chi connectivity index (χ3n) is 3.66. The molecule has 7 heteroatoms. The molecule has 2 aromatic rings. The van der Waals surface area contributed by atoms with E-state index in [2.05, 4.69) is 30.9 Å². The molecule has 124 valence electrons. The summed E-state index contributed by atoms with van der Waals surface area (Å²) in [5.74, 6) is 2.20. The fourth-order valence-corrected chi connectivity index (χ4v) is 6.82. The van der Waals surface area contributed by atoms with Crippen molar-refractivity contribution >= 4 is 33.7 Å². The van der Waals surface area contributed by atoms with E-state index in [0.717, 1.165) is 22.6 Å². The Hall–Kier alpha value is -1.70. The Labute approximate surface area is 141 Å². The molecule has 23 heavy (non-hydrogen) atoms. The van der Waals surface area contributed by atoms with Crippen LogP contribution in [0.15, 0.2) is 18.3 Å². The first kappa shape index (κ1) is 17.6. The number of aromatic nitrogens is 2. The van der Waals surface area contributed by atoms with Gasteiger partial charge in [0, 0.05) is 0 Å². The molecule has 1 heterocycles. The number of nitrogens with zero attached hydrogens (tertiary/aromatic N) is 2. The first-order valence-corrected chi connectivity index (χ1v) is 17.4. The van der Waals surface area contributed by atoms with Crippen molar-refractivity contribution < 1.29 is 9.47 Å². The second-order valence-corrected chi connectivity index (χ2v) is 20.8. The van der Waals surface area contributed by atoms with Crippen molar-refractivity contribution in [3.05, 3.63) is 29.5 Å². The van der Waals surface area contributed by atoms with Crippen LogP contribution in [0.2, 0.25) is 14.8 Å². The molecule has 0 aliphatic rings. The third-order valence-corrected chi connectivity index (χ3v) is 9.33. The third kappa shape index (κ3) is 3.99. The van der Waals surface area contributed by atoms with Crippen LogP contribution < -0.4 is 24.5 Å². The van der Waals surface area contributed by atoms with Gasteiger partial charge in [0.15, 0.2) is 0 Å². The maximum atomic E-state index is 5.95. The first-order valence-electron chi connectivity index (χ1n) is 7.38. The second-order valence-electron chi connectivity index (χ2n) is 6.44. The zero-order valence-electron chi connectivity index (χ0n) is 14.3. The van der Waals surface area contributed by atoms with E-state index in [1.54, 1.807) is 20.4 Å². The number of rotatable bonds is 5. The van der Waals surface area contributed by atoms with Gasteiger partial charge in [-0.2, -0.15) is 0 Å². The molecule has 0 amide bonds. The van der Waals surface area contributed by atoms with Gasteiger partial charge in [-0.3, -0.25) is 0 Å². The predicted octanol–water partition coefficient (Wildman–Crippen LogP) is 1.79. The number of hydrogen-bond acceptors (Lipinski definition) is 6. The maximum absolute atomic E-state index is 5.95. The molecule has 4 N–H and O–H groups in total. The van der Waals surface area contributed by atoms with E-state index in [9.17, 15) is 0 Å². The van der Waals surface area contributed by atoms with Crippen LogP contribution in [0.5, 0.6) is 11.5 Å². The van der Waals surface area contributed by atoms with E-state index in [1.165, 1.54) is 3.58 Å². The van der Waals surface area contributed by atoms with Gasteiger partial charge >= 0.3 is 141 Å². The summed E-state index contributed by atoms with van der Waals surface area (Å²) >= 11 is -2.38. The molecule has 0 spiro atoms. The topological polar surface area (TPSA) is 96.3 Å². The Morgan fingerprint density at radius 1 is 1.09 bits per heavy atom. The van der Waals surface area contributed by atoms with Crippen LogP contribution in [0.3, 0.4) is 0 Å². The second kappa shape index (κ2) is 6.82. The molecular weight excluding hydrogens is 399 g/mol. The van der Waals surface area contributed by atoms with E-state index in [-0.39, 0.29) is 5.95 Å². The van der Waals surface area contributed by atoms with Gasteiger partial charge in [0.1, 0.15) is 0 Å². The molecule has 0 aliphatic carbocycles. The van der Waals surface area contributed by atoms with Gasteiger partial charge in [0.05, 0.1) is 0 Å². The normalized spacial score (nSPS) is 11.3. The van der Waals surface area contributed by atoms with E-state index < -0.39 is 18.4 Å². The Bertz CT molecular complexity index is 714. The first-order chi connectivity index (χ1) is 10.8. The van der Waals surface area contributed by atoms with E-state index in [1.807, 2.05) is 6.07 Å². The molecular formula is C16H24N4O2Sn. The number of ether oxygens (including phenoxy) is 2. The van der Waals surface area contributed by atoms with E-state index in [4.69, 9.17) is 20.9 Å². The Kier molecular flexibility index (Phi) is 5.23. The van der Waals surface area contributed by atoms with Crippen LogP contribution in [0.4, 0.5) is 11.8 Å². The van der Waals surface area contributed by atoms with Crippen LogP contribution in [0.25, 0.3) is 0 Å². The molecule has 0 atom stereocenters. The molecule has 0 radical (unpaired) electrons. The van der Waals surface area contributed by atoms with Gasteiger partial charge in [-0.15, -0.1) is 0 Å². The summed E-state index contributed by atoms with van der Waals surface area (Å²) in [4.78, 5) is 15.1. The van der Waals surface area contributed by atoms with E-state index in [0.29, 0.717) is 12.2 Å². The van der Waals surface area contributed by atoms with Gasteiger partial charge in [-0.1, -0.05) is 0 Å². The summed E-state index contributed by atoms with van der Waals surface area (Å²) in [6.07, 6.45) is 2.30. The van der Waals surface area contributed by atoms with Crippen molar-refractivity contribution in [2.75, 3.05) is 25.7 Å². The summed E-state index contributed by atoms with van der Waals surface area (Å²) in [6, 6.07) is 4.18. The fraction of sp³-hybridized carbons (Fsp3) is 0.375. The molecule has 0 saturated carbocycles. The molecule has 1 aromatic heterocycles. The van der Waals surface area contributed by atoms with Crippen LogP contribution in [-0.2, 0) is 6.42 Å². The number of hydrogen-bond donors (Lipinski definition) is 2. The zero-order valence-corrected chi connectivity index (χ0v) is 17.2. The molecule has 0 aliphatic heterocycles. The van der Waals surface area contributed by atoms with Crippen molar-refractivity contribution in [2.24, 2.45) is 0 Å². The van der Waals surface area contributed by atoms with Gasteiger partial charge < -0.3 is 0 Å². The van der Waals surface area contributed by atoms with Gasteiger partial charge in [-0.25, -0.2) is 0 Å². The SMILES string of the molecule is COc1cc(Cc2cnc(N)nc2N)c[c]([Sn]([CH3])([CH3])[CH3])c1OC. The molecule has 1 aromatic carbocycles. The van der Waals surface area contributed by atoms with Crippen molar-refractivity contribution in [3.63, 3.8) is 0 Å². The zero-order chi connectivity index (χ0) is 17.2. The van der Waals surface area contributed by atoms with E-state index >= 15 is 0 Å². The Balaban J connectivity index is 2.51. The van der Waals surface area contributed by atoms with Gasteiger partial charge in [0.25, 0.3) is 0 Å². The summed E-state index contributed by atoms with van der Waals surface area (Å²) in [5, 5.41) is 0. The Morgan fingerprint density at radius 3 is 2.30 bits per heavy atom. The summed E-state index contributed by atoms with van der Waals surface area (Å²) in [7, 11) is 3.34. The molecule has 0 fully saturated rings. The number of nitrogen functional groups attached to an aromatic ring is 2. The average molecular weight is 423 g/mol. The molecule has 0 bridgehead atoms. The van der Waals surface area contributed by atoms with Crippen LogP contribution >= 0.6 is 0 Å². The number of benzene rings is 1. The Morgan fingerprint density at radius 2 is 1.78 bits per heavy atom. The van der Waals surface area contributed by atoms with Crippen LogP contribution in [0.1, 0.15) is 11.1 Å². The number of nitrogens with two attached hydrogens (primary N) is 2. The molecule has 0 unspecified atom stereocenters. The average Bonchev–Trinajstić information content (AvgIpc) is 2.48. The van der Waals surface area contributed by atoms with Crippen LogP contribution in [0, 0.1) is 0 Å². The molecule has 0 saturated heterocycles. The minimum absolute atomic E-state index is 0.185. The summed E-state index contributed by atoms with van der Waals surface area (Å²) in [6.45, 7) is 0. The summed E-state index contributed by atoms with van der Waals surface area (Å²) in [5.41, 5.74) is 13.5. The fourth-order valence-electron chi connectivity index (χ4n) is 2.47. The number of methoxy groups -OCH3 is 2. The van der Waals surface area contributed by atoms with Crippen LogP contribution in [-0.4, -0.2) is 42.6 Å². The molecule has 6 nitrogen and oxygen atoms in total. The van der Waals surface area contributed by atoms with Crippen molar-refractivity contribution in [3.8, 4) is 11.5 Å². The quantitative estimate of drug-likeness (QED) is 0.713. The van der Waals surface area contributed by atoms with Gasteiger partial charge in [0.2, 0.25) is 0 Å². The monoisotopic (exact) mass is 424 g/mol. The summed E-state index contributed by atoms with van der Waals surface area (Å²) < 4.78 is 12.4. The van der Waals surface area contributed by atoms with Gasteiger partial charge in [-0.05, 0) is 0 Å². The van der Waals surface area contributed by atoms with Crippen molar-refractivity contribution in [2.45, 2.75) is 21.2 Å². The van der Waals surface area contributed by atoms with Crippen molar-refractivity contribution in [1.29, 1.82) is 0 Å². The predicted molar refractivity (Wildman–Crippen MR) is 96.2 cm³/mol. The molecule has 2 rings (SSSR count).